The van der Waals surface area contributed by atoms with Gasteiger partial charge in [-0.2, -0.15) is 0 Å². The molecular formula is C21H28O2. The highest BCUT2D eigenvalue weighted by Crippen LogP contribution is 2.41. The van der Waals surface area contributed by atoms with Crippen LogP contribution < -0.4 is 0 Å². The van der Waals surface area contributed by atoms with E-state index in [4.69, 9.17) is 4.74 Å². The zero-order valence-electron chi connectivity index (χ0n) is 14.7. The quantitative estimate of drug-likeness (QED) is 0.558. The minimum Gasteiger partial charge on any atom is -0.458 e. The molecule has 23 heavy (non-hydrogen) atoms. The third-order valence-corrected chi connectivity index (χ3v) is 4.67. The van der Waals surface area contributed by atoms with Crippen molar-refractivity contribution in [1.82, 2.24) is 0 Å². The molecule has 0 saturated heterocycles. The van der Waals surface area contributed by atoms with Gasteiger partial charge in [-0.1, -0.05) is 61.9 Å². The van der Waals surface area contributed by atoms with E-state index in [-0.39, 0.29) is 17.5 Å². The monoisotopic (exact) mass is 312 g/mol. The second-order valence-electron chi connectivity index (χ2n) is 7.20. The van der Waals surface area contributed by atoms with Crippen molar-refractivity contribution in [3.63, 3.8) is 0 Å². The van der Waals surface area contributed by atoms with Gasteiger partial charge in [-0.3, -0.25) is 4.79 Å². The van der Waals surface area contributed by atoms with E-state index < -0.39 is 0 Å². The Balaban J connectivity index is 1.91. The summed E-state index contributed by atoms with van der Waals surface area (Å²) < 4.78 is 5.50. The van der Waals surface area contributed by atoms with Gasteiger partial charge in [0.15, 0.2) is 0 Å². The Morgan fingerprint density at radius 1 is 1.35 bits per heavy atom. The summed E-state index contributed by atoms with van der Waals surface area (Å²) in [7, 11) is 0. The molecule has 2 unspecified atom stereocenters. The molecule has 0 radical (unpaired) electrons. The topological polar surface area (TPSA) is 26.3 Å². The minimum atomic E-state index is -0.197. The molecule has 124 valence electrons. The van der Waals surface area contributed by atoms with Crippen LogP contribution in [0.2, 0.25) is 0 Å². The number of carbonyl (C=O) groups is 1. The van der Waals surface area contributed by atoms with E-state index in [2.05, 4.69) is 32.9 Å². The number of rotatable bonds is 5. The van der Waals surface area contributed by atoms with Crippen LogP contribution in [0.3, 0.4) is 0 Å². The summed E-state index contributed by atoms with van der Waals surface area (Å²) in [5.41, 5.74) is 2.67. The van der Waals surface area contributed by atoms with Gasteiger partial charge in [-0.15, -0.1) is 0 Å². The summed E-state index contributed by atoms with van der Waals surface area (Å²) in [6.45, 7) is 8.74. The number of allylic oxidation sites excluding steroid dienone is 3. The standard InChI is InChI=1S/C21H28O2/c1-16-9-8-14-21(3,4)19(16)13-12-17(2)23-20(22)15-18-10-6-5-7-11-18/h5-7,9-13,17,19H,8,14-15H2,1-4H3. The van der Waals surface area contributed by atoms with Gasteiger partial charge in [0.1, 0.15) is 6.10 Å². The Bertz CT molecular complexity index is 581. The predicted octanol–water partition coefficient (Wildman–Crippen LogP) is 5.10. The van der Waals surface area contributed by atoms with Crippen LogP contribution in [0.4, 0.5) is 0 Å². The van der Waals surface area contributed by atoms with Gasteiger partial charge >= 0.3 is 5.97 Å². The van der Waals surface area contributed by atoms with Gasteiger partial charge in [0, 0.05) is 5.92 Å². The van der Waals surface area contributed by atoms with E-state index in [1.165, 1.54) is 12.0 Å². The normalized spacial score (nSPS) is 21.7. The van der Waals surface area contributed by atoms with Crippen molar-refractivity contribution in [1.29, 1.82) is 0 Å². The van der Waals surface area contributed by atoms with Crippen LogP contribution in [0, 0.1) is 11.3 Å². The zero-order valence-corrected chi connectivity index (χ0v) is 14.7. The summed E-state index contributed by atoms with van der Waals surface area (Å²) in [5.74, 6) is 0.245. The third kappa shape index (κ3) is 5.09. The fourth-order valence-electron chi connectivity index (χ4n) is 3.30. The largest absolute Gasteiger partial charge is 0.458 e. The summed E-state index contributed by atoms with van der Waals surface area (Å²) in [6, 6.07) is 9.71. The molecule has 1 aromatic carbocycles. The van der Waals surface area contributed by atoms with Crippen molar-refractivity contribution < 1.29 is 9.53 Å². The number of benzene rings is 1. The Kier molecular flexibility index (Phi) is 5.81. The van der Waals surface area contributed by atoms with Crippen LogP contribution in [0.25, 0.3) is 0 Å². The molecule has 0 bridgehead atoms. The minimum absolute atomic E-state index is 0.177. The Morgan fingerprint density at radius 3 is 2.70 bits per heavy atom. The summed E-state index contributed by atoms with van der Waals surface area (Å²) in [5, 5.41) is 0. The number of hydrogen-bond acceptors (Lipinski definition) is 2. The van der Waals surface area contributed by atoms with Crippen molar-refractivity contribution in [2.75, 3.05) is 0 Å². The lowest BCUT2D eigenvalue weighted by Crippen LogP contribution is -2.26. The summed E-state index contributed by atoms with van der Waals surface area (Å²) in [4.78, 5) is 12.0. The number of carbonyl (C=O) groups excluding carboxylic acids is 1. The Labute approximate surface area is 140 Å². The highest BCUT2D eigenvalue weighted by Gasteiger charge is 2.30. The second-order valence-corrected chi connectivity index (χ2v) is 7.20. The maximum atomic E-state index is 12.0. The maximum Gasteiger partial charge on any atom is 0.310 e. The average molecular weight is 312 g/mol. The highest BCUT2D eigenvalue weighted by atomic mass is 16.5. The van der Waals surface area contributed by atoms with Gasteiger partial charge in [0.25, 0.3) is 0 Å². The first-order valence-corrected chi connectivity index (χ1v) is 8.47. The van der Waals surface area contributed by atoms with Crippen LogP contribution in [0.5, 0.6) is 0 Å². The van der Waals surface area contributed by atoms with Gasteiger partial charge in [-0.25, -0.2) is 0 Å². The zero-order chi connectivity index (χ0) is 16.9. The molecule has 0 N–H and O–H groups in total. The molecular weight excluding hydrogens is 284 g/mol. The third-order valence-electron chi connectivity index (χ3n) is 4.67. The molecule has 0 saturated carbocycles. The van der Waals surface area contributed by atoms with E-state index in [1.54, 1.807) is 0 Å². The SMILES string of the molecule is CC1=CCCC(C)(C)C1C=CC(C)OC(=O)Cc1ccccc1. The maximum absolute atomic E-state index is 12.0. The van der Waals surface area contributed by atoms with Crippen molar-refractivity contribution in [2.45, 2.75) is 53.1 Å². The number of hydrogen-bond donors (Lipinski definition) is 0. The second kappa shape index (κ2) is 7.63. The fourth-order valence-corrected chi connectivity index (χ4v) is 3.30. The smallest absolute Gasteiger partial charge is 0.310 e. The van der Waals surface area contributed by atoms with E-state index in [9.17, 15) is 4.79 Å². The van der Waals surface area contributed by atoms with E-state index in [0.717, 1.165) is 12.0 Å². The van der Waals surface area contributed by atoms with E-state index >= 15 is 0 Å². The molecule has 1 aliphatic carbocycles. The van der Waals surface area contributed by atoms with Gasteiger partial charge in [0.05, 0.1) is 6.42 Å². The molecule has 0 spiro atoms. The van der Waals surface area contributed by atoms with E-state index in [1.807, 2.05) is 43.3 Å². The predicted molar refractivity (Wildman–Crippen MR) is 95.1 cm³/mol. The molecule has 2 heteroatoms. The van der Waals surface area contributed by atoms with Gasteiger partial charge in [0.2, 0.25) is 0 Å². The molecule has 2 rings (SSSR count). The van der Waals surface area contributed by atoms with E-state index in [0.29, 0.717) is 12.3 Å². The van der Waals surface area contributed by atoms with Crippen molar-refractivity contribution in [2.24, 2.45) is 11.3 Å². The summed E-state index contributed by atoms with van der Waals surface area (Å²) in [6.07, 6.45) is 9.05. The molecule has 1 aliphatic rings. The highest BCUT2D eigenvalue weighted by molar-refractivity contribution is 5.72. The first kappa shape index (κ1) is 17.5. The Hall–Kier alpha value is -1.83. The molecule has 1 aromatic rings. The van der Waals surface area contributed by atoms with Crippen LogP contribution >= 0.6 is 0 Å². The molecule has 0 heterocycles. The number of ether oxygens (including phenoxy) is 1. The first-order valence-electron chi connectivity index (χ1n) is 8.47. The van der Waals surface area contributed by atoms with Crippen LogP contribution in [0.1, 0.15) is 46.1 Å². The molecule has 0 fully saturated rings. The van der Waals surface area contributed by atoms with Crippen LogP contribution in [-0.4, -0.2) is 12.1 Å². The van der Waals surface area contributed by atoms with Crippen LogP contribution in [-0.2, 0) is 16.0 Å². The first-order chi connectivity index (χ1) is 10.9. The molecule has 0 aliphatic heterocycles. The average Bonchev–Trinajstić information content (AvgIpc) is 2.46. The van der Waals surface area contributed by atoms with Crippen molar-refractivity contribution in [3.05, 3.63) is 59.7 Å². The molecule has 0 amide bonds. The fraction of sp³-hybridized carbons (Fsp3) is 0.476. The molecule has 2 atom stereocenters. The lowest BCUT2D eigenvalue weighted by molar-refractivity contribution is -0.145. The van der Waals surface area contributed by atoms with Gasteiger partial charge in [-0.05, 0) is 43.7 Å². The van der Waals surface area contributed by atoms with Crippen molar-refractivity contribution in [3.8, 4) is 0 Å². The van der Waals surface area contributed by atoms with Gasteiger partial charge < -0.3 is 4.74 Å². The van der Waals surface area contributed by atoms with Crippen LogP contribution in [0.15, 0.2) is 54.1 Å². The number of esters is 1. The van der Waals surface area contributed by atoms with Crippen molar-refractivity contribution >= 4 is 5.97 Å². The Morgan fingerprint density at radius 2 is 2.04 bits per heavy atom. The summed E-state index contributed by atoms with van der Waals surface area (Å²) >= 11 is 0. The molecule has 2 nitrogen and oxygen atoms in total. The molecule has 0 aromatic heterocycles. The lowest BCUT2D eigenvalue weighted by Gasteiger charge is -2.36. The lowest BCUT2D eigenvalue weighted by atomic mass is 9.68.